The quantitative estimate of drug-likeness (QED) is 0.366. The SMILES string of the molecule is O=C(Cc1csc(NC(=O)c2ccc(Br)o2)n1)NC(CO)C(O)c1ccc(Cl)cc1. The van der Waals surface area contributed by atoms with Crippen LogP contribution in [-0.2, 0) is 11.2 Å². The van der Waals surface area contributed by atoms with Gasteiger partial charge in [-0.2, -0.15) is 0 Å². The van der Waals surface area contributed by atoms with Crippen LogP contribution >= 0.6 is 38.9 Å². The Balaban J connectivity index is 1.56. The Labute approximate surface area is 189 Å². The molecule has 2 aromatic heterocycles. The monoisotopic (exact) mass is 513 g/mol. The van der Waals surface area contributed by atoms with Crippen LogP contribution in [0, 0.1) is 0 Å². The number of furan rings is 1. The van der Waals surface area contributed by atoms with E-state index >= 15 is 0 Å². The highest BCUT2D eigenvalue weighted by molar-refractivity contribution is 9.10. The molecule has 2 heterocycles. The van der Waals surface area contributed by atoms with E-state index in [9.17, 15) is 19.8 Å². The van der Waals surface area contributed by atoms with Crippen LogP contribution in [0.5, 0.6) is 0 Å². The fourth-order valence-electron chi connectivity index (χ4n) is 2.58. The Bertz CT molecular complexity index is 1020. The van der Waals surface area contributed by atoms with Crippen molar-refractivity contribution in [3.05, 3.63) is 68.5 Å². The van der Waals surface area contributed by atoms with Gasteiger partial charge in [0.2, 0.25) is 5.91 Å². The first-order valence-electron chi connectivity index (χ1n) is 8.70. The van der Waals surface area contributed by atoms with Crippen LogP contribution in [0.4, 0.5) is 5.13 Å². The van der Waals surface area contributed by atoms with Gasteiger partial charge in [-0.25, -0.2) is 4.98 Å². The molecular formula is C19H17BrClN3O5S. The number of aliphatic hydroxyl groups excluding tert-OH is 2. The Hall–Kier alpha value is -2.24. The first-order chi connectivity index (χ1) is 14.4. The molecule has 0 saturated heterocycles. The second-order valence-electron chi connectivity index (χ2n) is 6.23. The van der Waals surface area contributed by atoms with Crippen LogP contribution in [0.1, 0.15) is 27.9 Å². The number of nitrogens with zero attached hydrogens (tertiary/aromatic N) is 1. The molecule has 0 aliphatic heterocycles. The number of aromatic nitrogens is 1. The molecule has 0 spiro atoms. The highest BCUT2D eigenvalue weighted by Gasteiger charge is 2.23. The standard InChI is InChI=1S/C19H17BrClN3O5S/c20-15-6-5-14(29-15)18(28)24-19-22-12(9-30-19)7-16(26)23-13(8-25)17(27)10-1-3-11(21)4-2-10/h1-6,9,13,17,25,27H,7-8H2,(H,23,26)(H,22,24,28). The molecule has 2 amide bonds. The number of nitrogens with one attached hydrogen (secondary N) is 2. The van der Waals surface area contributed by atoms with E-state index in [2.05, 4.69) is 31.5 Å². The molecule has 0 aliphatic carbocycles. The van der Waals surface area contributed by atoms with Crippen LogP contribution in [0.2, 0.25) is 5.02 Å². The van der Waals surface area contributed by atoms with Crippen molar-refractivity contribution >= 4 is 55.8 Å². The summed E-state index contributed by atoms with van der Waals surface area (Å²) in [6.07, 6.45) is -1.18. The smallest absolute Gasteiger partial charge is 0.293 e. The van der Waals surface area contributed by atoms with E-state index in [4.69, 9.17) is 16.0 Å². The largest absolute Gasteiger partial charge is 0.444 e. The maximum absolute atomic E-state index is 12.3. The predicted octanol–water partition coefficient (Wildman–Crippen LogP) is 3.16. The first-order valence-corrected chi connectivity index (χ1v) is 10.8. The van der Waals surface area contributed by atoms with Crippen LogP contribution in [-0.4, -0.2) is 39.7 Å². The van der Waals surface area contributed by atoms with Gasteiger partial charge in [0.1, 0.15) is 6.10 Å². The van der Waals surface area contributed by atoms with Crippen molar-refractivity contribution in [3.8, 4) is 0 Å². The summed E-state index contributed by atoms with van der Waals surface area (Å²) < 4.78 is 5.61. The second kappa shape index (κ2) is 10.2. The maximum Gasteiger partial charge on any atom is 0.293 e. The molecular weight excluding hydrogens is 498 g/mol. The minimum absolute atomic E-state index is 0.0808. The zero-order valence-electron chi connectivity index (χ0n) is 15.3. The summed E-state index contributed by atoms with van der Waals surface area (Å²) in [7, 11) is 0. The van der Waals surface area contributed by atoms with Gasteiger partial charge in [0.15, 0.2) is 15.6 Å². The van der Waals surface area contributed by atoms with E-state index in [1.807, 2.05) is 0 Å². The van der Waals surface area contributed by atoms with Gasteiger partial charge in [0.05, 0.1) is 24.8 Å². The number of amides is 2. The van der Waals surface area contributed by atoms with Gasteiger partial charge in [0, 0.05) is 10.4 Å². The normalized spacial score (nSPS) is 12.9. The van der Waals surface area contributed by atoms with Gasteiger partial charge in [-0.3, -0.25) is 14.9 Å². The summed E-state index contributed by atoms with van der Waals surface area (Å²) in [6, 6.07) is 8.69. The molecule has 0 fully saturated rings. The molecule has 0 bridgehead atoms. The third-order valence-electron chi connectivity index (χ3n) is 4.05. The summed E-state index contributed by atoms with van der Waals surface area (Å²) in [4.78, 5) is 28.6. The van der Waals surface area contributed by atoms with Gasteiger partial charge in [-0.1, -0.05) is 23.7 Å². The molecule has 2 unspecified atom stereocenters. The lowest BCUT2D eigenvalue weighted by atomic mass is 10.0. The second-order valence-corrected chi connectivity index (χ2v) is 8.31. The molecule has 8 nitrogen and oxygen atoms in total. The summed E-state index contributed by atoms with van der Waals surface area (Å²) in [5.41, 5.74) is 0.952. The number of anilines is 1. The average molecular weight is 515 g/mol. The Kier molecular flexibility index (Phi) is 7.62. The van der Waals surface area contributed by atoms with Gasteiger partial charge >= 0.3 is 0 Å². The highest BCUT2D eigenvalue weighted by atomic mass is 79.9. The lowest BCUT2D eigenvalue weighted by Crippen LogP contribution is -2.42. The molecule has 1 aromatic carbocycles. The first kappa shape index (κ1) is 22.4. The lowest BCUT2D eigenvalue weighted by molar-refractivity contribution is -0.122. The van der Waals surface area contributed by atoms with Gasteiger partial charge < -0.3 is 19.9 Å². The summed E-state index contributed by atoms with van der Waals surface area (Å²) in [6.45, 7) is -0.452. The Morgan fingerprint density at radius 1 is 1.23 bits per heavy atom. The van der Waals surface area contributed by atoms with Crippen LogP contribution < -0.4 is 10.6 Å². The zero-order chi connectivity index (χ0) is 21.7. The average Bonchev–Trinajstić information content (AvgIpc) is 3.35. The summed E-state index contributed by atoms with van der Waals surface area (Å²) >= 11 is 10.1. The molecule has 0 saturated carbocycles. The van der Waals surface area contributed by atoms with Crippen molar-refractivity contribution in [2.45, 2.75) is 18.6 Å². The van der Waals surface area contributed by atoms with E-state index in [1.165, 1.54) is 6.07 Å². The maximum atomic E-state index is 12.3. The topological polar surface area (TPSA) is 125 Å². The number of carbonyl (C=O) groups excluding carboxylic acids is 2. The minimum atomic E-state index is -1.10. The van der Waals surface area contributed by atoms with E-state index in [1.54, 1.807) is 35.7 Å². The molecule has 30 heavy (non-hydrogen) atoms. The number of hydrogen-bond donors (Lipinski definition) is 4. The molecule has 3 rings (SSSR count). The number of halogens is 2. The van der Waals surface area contributed by atoms with Crippen molar-refractivity contribution in [1.82, 2.24) is 10.3 Å². The number of carbonyl (C=O) groups is 2. The molecule has 2 atom stereocenters. The molecule has 158 valence electrons. The zero-order valence-corrected chi connectivity index (χ0v) is 18.5. The van der Waals surface area contributed by atoms with Crippen molar-refractivity contribution < 1.29 is 24.2 Å². The van der Waals surface area contributed by atoms with Gasteiger partial charge in [-0.05, 0) is 45.8 Å². The van der Waals surface area contributed by atoms with Crippen molar-refractivity contribution in [1.29, 1.82) is 0 Å². The fourth-order valence-corrected chi connectivity index (χ4v) is 3.72. The number of benzene rings is 1. The van der Waals surface area contributed by atoms with Gasteiger partial charge in [-0.15, -0.1) is 11.3 Å². The van der Waals surface area contributed by atoms with E-state index in [0.717, 1.165) is 11.3 Å². The van der Waals surface area contributed by atoms with E-state index < -0.39 is 30.6 Å². The fraction of sp³-hybridized carbons (Fsp3) is 0.211. The molecule has 0 radical (unpaired) electrons. The van der Waals surface area contributed by atoms with Crippen molar-refractivity contribution in [2.75, 3.05) is 11.9 Å². The molecule has 0 aliphatic rings. The summed E-state index contributed by atoms with van der Waals surface area (Å²) in [5, 5.41) is 27.6. The van der Waals surface area contributed by atoms with Gasteiger partial charge in [0.25, 0.3) is 5.91 Å². The Morgan fingerprint density at radius 2 is 1.97 bits per heavy atom. The van der Waals surface area contributed by atoms with E-state index in [-0.39, 0.29) is 12.2 Å². The van der Waals surface area contributed by atoms with Crippen LogP contribution in [0.3, 0.4) is 0 Å². The van der Waals surface area contributed by atoms with Crippen LogP contribution in [0.25, 0.3) is 0 Å². The predicted molar refractivity (Wildman–Crippen MR) is 116 cm³/mol. The summed E-state index contributed by atoms with van der Waals surface area (Å²) in [5.74, 6) is -0.768. The molecule has 4 N–H and O–H groups in total. The lowest BCUT2D eigenvalue weighted by Gasteiger charge is -2.22. The highest BCUT2D eigenvalue weighted by Crippen LogP contribution is 2.21. The Morgan fingerprint density at radius 3 is 2.60 bits per heavy atom. The number of hydrogen-bond acceptors (Lipinski definition) is 7. The van der Waals surface area contributed by atoms with Crippen LogP contribution in [0.15, 0.2) is 50.9 Å². The third kappa shape index (κ3) is 5.89. The van der Waals surface area contributed by atoms with Crippen molar-refractivity contribution in [3.63, 3.8) is 0 Å². The van der Waals surface area contributed by atoms with Crippen molar-refractivity contribution in [2.24, 2.45) is 0 Å². The molecule has 3 aromatic rings. The molecule has 11 heteroatoms. The van der Waals surface area contributed by atoms with E-state index in [0.29, 0.717) is 26.1 Å². The number of aliphatic hydroxyl groups is 2. The minimum Gasteiger partial charge on any atom is -0.444 e. The number of rotatable bonds is 8. The number of thiazole rings is 1. The third-order valence-corrected chi connectivity index (χ3v) is 5.53.